The maximum absolute atomic E-state index is 11.2. The van der Waals surface area contributed by atoms with Crippen LogP contribution in [0, 0.1) is 0 Å². The average molecular weight is 220 g/mol. The fraction of sp³-hybridized carbons (Fsp3) is 0.500. The number of nitrogens with zero attached hydrogens (tertiary/aromatic N) is 2. The number of hydrogen-bond acceptors (Lipinski definition) is 4. The standard InChI is InChI=1S/C12H16N2O2/c1-3-14(4-2)7-9-5-6-10-11(13-9)8-16-12(10)15/h5-6H,3-4,7-8H2,1-2H3. The summed E-state index contributed by atoms with van der Waals surface area (Å²) in [6, 6.07) is 3.72. The number of pyridine rings is 1. The molecule has 0 amide bonds. The Hall–Kier alpha value is -1.42. The molecule has 1 aliphatic rings. The van der Waals surface area contributed by atoms with Gasteiger partial charge in [-0.05, 0) is 25.2 Å². The van der Waals surface area contributed by atoms with Crippen molar-refractivity contribution in [3.63, 3.8) is 0 Å². The van der Waals surface area contributed by atoms with Gasteiger partial charge in [0.2, 0.25) is 0 Å². The average Bonchev–Trinajstić information content (AvgIpc) is 2.68. The van der Waals surface area contributed by atoms with Gasteiger partial charge >= 0.3 is 5.97 Å². The molecule has 0 spiro atoms. The van der Waals surface area contributed by atoms with E-state index in [4.69, 9.17) is 4.74 Å². The third kappa shape index (κ3) is 2.07. The van der Waals surface area contributed by atoms with E-state index in [-0.39, 0.29) is 5.97 Å². The number of fused-ring (bicyclic) bond motifs is 1. The molecule has 0 fully saturated rings. The minimum Gasteiger partial charge on any atom is -0.456 e. The fourth-order valence-corrected chi connectivity index (χ4v) is 1.82. The Morgan fingerprint density at radius 3 is 2.81 bits per heavy atom. The highest BCUT2D eigenvalue weighted by Gasteiger charge is 2.22. The van der Waals surface area contributed by atoms with Crippen LogP contribution < -0.4 is 0 Å². The molecule has 1 aliphatic heterocycles. The number of esters is 1. The van der Waals surface area contributed by atoms with Crippen LogP contribution in [0.5, 0.6) is 0 Å². The predicted octanol–water partition coefficient (Wildman–Crippen LogP) is 1.59. The minimum absolute atomic E-state index is 0.253. The van der Waals surface area contributed by atoms with E-state index in [1.807, 2.05) is 12.1 Å². The highest BCUT2D eigenvalue weighted by molar-refractivity contribution is 5.92. The summed E-state index contributed by atoms with van der Waals surface area (Å²) in [6.45, 7) is 7.41. The normalized spacial score (nSPS) is 14.1. The van der Waals surface area contributed by atoms with Crippen molar-refractivity contribution in [2.75, 3.05) is 13.1 Å². The second-order valence-electron chi connectivity index (χ2n) is 3.83. The zero-order chi connectivity index (χ0) is 11.5. The second kappa shape index (κ2) is 4.61. The molecule has 0 aromatic carbocycles. The van der Waals surface area contributed by atoms with Gasteiger partial charge in [0.1, 0.15) is 6.61 Å². The van der Waals surface area contributed by atoms with E-state index in [2.05, 4.69) is 23.7 Å². The van der Waals surface area contributed by atoms with Gasteiger partial charge in [-0.15, -0.1) is 0 Å². The lowest BCUT2D eigenvalue weighted by Crippen LogP contribution is -2.22. The molecule has 0 atom stereocenters. The lowest BCUT2D eigenvalue weighted by molar-refractivity contribution is 0.0533. The molecule has 2 heterocycles. The molecule has 0 unspecified atom stereocenters. The summed E-state index contributed by atoms with van der Waals surface area (Å²) in [6.07, 6.45) is 0. The number of rotatable bonds is 4. The van der Waals surface area contributed by atoms with Crippen LogP contribution >= 0.6 is 0 Å². The van der Waals surface area contributed by atoms with Gasteiger partial charge in [-0.25, -0.2) is 4.79 Å². The first kappa shape index (κ1) is 11.1. The number of cyclic esters (lactones) is 1. The maximum Gasteiger partial charge on any atom is 0.340 e. The first-order valence-electron chi connectivity index (χ1n) is 5.62. The summed E-state index contributed by atoms with van der Waals surface area (Å²) in [4.78, 5) is 18.0. The molecule has 4 nitrogen and oxygen atoms in total. The van der Waals surface area contributed by atoms with Gasteiger partial charge in [0.15, 0.2) is 0 Å². The topological polar surface area (TPSA) is 42.4 Å². The highest BCUT2D eigenvalue weighted by Crippen LogP contribution is 2.18. The Kier molecular flexibility index (Phi) is 3.19. The number of aromatic nitrogens is 1. The summed E-state index contributed by atoms with van der Waals surface area (Å²) in [5.41, 5.74) is 2.39. The Balaban J connectivity index is 2.16. The van der Waals surface area contributed by atoms with Crippen LogP contribution in [0.1, 0.15) is 35.6 Å². The van der Waals surface area contributed by atoms with Crippen molar-refractivity contribution in [2.45, 2.75) is 27.0 Å². The van der Waals surface area contributed by atoms with Crippen molar-refractivity contribution in [1.29, 1.82) is 0 Å². The van der Waals surface area contributed by atoms with E-state index in [1.165, 1.54) is 0 Å². The zero-order valence-electron chi connectivity index (χ0n) is 9.69. The lowest BCUT2D eigenvalue weighted by Gasteiger charge is -2.17. The Morgan fingerprint density at radius 2 is 2.12 bits per heavy atom. The zero-order valence-corrected chi connectivity index (χ0v) is 9.69. The number of carbonyl (C=O) groups is 1. The molecule has 16 heavy (non-hydrogen) atoms. The van der Waals surface area contributed by atoms with E-state index in [1.54, 1.807) is 0 Å². The van der Waals surface area contributed by atoms with Crippen LogP contribution in [0.25, 0.3) is 0 Å². The van der Waals surface area contributed by atoms with Gasteiger partial charge in [0, 0.05) is 6.54 Å². The molecule has 0 radical (unpaired) electrons. The van der Waals surface area contributed by atoms with Crippen LogP contribution in [0.2, 0.25) is 0 Å². The van der Waals surface area contributed by atoms with Gasteiger partial charge in [0.25, 0.3) is 0 Å². The summed E-state index contributed by atoms with van der Waals surface area (Å²) >= 11 is 0. The quantitative estimate of drug-likeness (QED) is 0.723. The molecule has 4 heteroatoms. The molecular weight excluding hydrogens is 204 g/mol. The molecule has 0 bridgehead atoms. The molecule has 1 aromatic heterocycles. The lowest BCUT2D eigenvalue weighted by atomic mass is 10.2. The van der Waals surface area contributed by atoms with E-state index >= 15 is 0 Å². The first-order valence-corrected chi connectivity index (χ1v) is 5.62. The van der Waals surface area contributed by atoms with Crippen molar-refractivity contribution >= 4 is 5.97 Å². The van der Waals surface area contributed by atoms with Crippen LogP contribution in [0.15, 0.2) is 12.1 Å². The van der Waals surface area contributed by atoms with E-state index in [0.29, 0.717) is 12.2 Å². The van der Waals surface area contributed by atoms with Gasteiger partial charge in [-0.2, -0.15) is 0 Å². The van der Waals surface area contributed by atoms with Crippen LogP contribution in [0.4, 0.5) is 0 Å². The van der Waals surface area contributed by atoms with E-state index < -0.39 is 0 Å². The number of ether oxygens (including phenoxy) is 1. The van der Waals surface area contributed by atoms with Crippen LogP contribution in [-0.4, -0.2) is 28.9 Å². The van der Waals surface area contributed by atoms with Gasteiger partial charge in [-0.3, -0.25) is 9.88 Å². The maximum atomic E-state index is 11.2. The number of hydrogen-bond donors (Lipinski definition) is 0. The van der Waals surface area contributed by atoms with Gasteiger partial charge < -0.3 is 4.74 Å². The first-order chi connectivity index (χ1) is 7.74. The molecule has 86 valence electrons. The molecular formula is C12H16N2O2. The Morgan fingerprint density at radius 1 is 1.38 bits per heavy atom. The SMILES string of the molecule is CCN(CC)Cc1ccc2c(n1)COC2=O. The second-order valence-corrected chi connectivity index (χ2v) is 3.83. The Labute approximate surface area is 95.2 Å². The third-order valence-electron chi connectivity index (χ3n) is 2.87. The monoisotopic (exact) mass is 220 g/mol. The molecule has 0 N–H and O–H groups in total. The molecule has 2 rings (SSSR count). The smallest absolute Gasteiger partial charge is 0.340 e. The molecule has 1 aromatic rings. The van der Waals surface area contributed by atoms with Crippen molar-refractivity contribution in [2.24, 2.45) is 0 Å². The van der Waals surface area contributed by atoms with Crippen molar-refractivity contribution in [3.05, 3.63) is 29.1 Å². The Bertz CT molecular complexity index is 400. The van der Waals surface area contributed by atoms with Crippen molar-refractivity contribution in [3.8, 4) is 0 Å². The van der Waals surface area contributed by atoms with E-state index in [0.717, 1.165) is 31.0 Å². The summed E-state index contributed by atoms with van der Waals surface area (Å²) in [5, 5.41) is 0. The summed E-state index contributed by atoms with van der Waals surface area (Å²) in [5.74, 6) is -0.253. The summed E-state index contributed by atoms with van der Waals surface area (Å²) in [7, 11) is 0. The molecule has 0 saturated heterocycles. The van der Waals surface area contributed by atoms with Gasteiger partial charge in [0.05, 0.1) is 17.0 Å². The minimum atomic E-state index is -0.253. The molecule has 0 aliphatic carbocycles. The van der Waals surface area contributed by atoms with E-state index in [9.17, 15) is 4.79 Å². The number of carbonyl (C=O) groups excluding carboxylic acids is 1. The predicted molar refractivity (Wildman–Crippen MR) is 60.0 cm³/mol. The molecule has 0 saturated carbocycles. The largest absolute Gasteiger partial charge is 0.456 e. The van der Waals surface area contributed by atoms with Crippen molar-refractivity contribution < 1.29 is 9.53 Å². The van der Waals surface area contributed by atoms with Crippen molar-refractivity contribution in [1.82, 2.24) is 9.88 Å². The van der Waals surface area contributed by atoms with Crippen LogP contribution in [0.3, 0.4) is 0 Å². The van der Waals surface area contributed by atoms with Gasteiger partial charge in [-0.1, -0.05) is 13.8 Å². The highest BCUT2D eigenvalue weighted by atomic mass is 16.5. The van der Waals surface area contributed by atoms with Crippen LogP contribution in [-0.2, 0) is 17.9 Å². The third-order valence-corrected chi connectivity index (χ3v) is 2.87. The fourth-order valence-electron chi connectivity index (χ4n) is 1.82. The summed E-state index contributed by atoms with van der Waals surface area (Å²) < 4.78 is 4.92.